The van der Waals surface area contributed by atoms with Gasteiger partial charge >= 0.3 is 0 Å². The SMILES string of the molecule is COc1cc(CN(C)C(=O)CN)ccc1O. The second kappa shape index (κ2) is 5.37. The van der Waals surface area contributed by atoms with E-state index in [1.165, 1.54) is 18.1 Å². The zero-order valence-electron chi connectivity index (χ0n) is 9.43. The number of phenolic OH excluding ortho intramolecular Hbond substituents is 1. The van der Waals surface area contributed by atoms with E-state index < -0.39 is 0 Å². The number of amides is 1. The third-order valence-corrected chi connectivity index (χ3v) is 2.26. The summed E-state index contributed by atoms with van der Waals surface area (Å²) in [5, 5.41) is 9.40. The van der Waals surface area contributed by atoms with Gasteiger partial charge in [0, 0.05) is 13.6 Å². The molecule has 5 nitrogen and oxygen atoms in total. The van der Waals surface area contributed by atoms with Crippen molar-refractivity contribution in [1.29, 1.82) is 0 Å². The van der Waals surface area contributed by atoms with Gasteiger partial charge in [0.05, 0.1) is 13.7 Å². The Balaban J connectivity index is 2.78. The molecule has 0 aliphatic carbocycles. The first-order valence-electron chi connectivity index (χ1n) is 4.88. The van der Waals surface area contributed by atoms with E-state index >= 15 is 0 Å². The van der Waals surface area contributed by atoms with E-state index in [2.05, 4.69) is 0 Å². The number of hydrogen-bond donors (Lipinski definition) is 2. The van der Waals surface area contributed by atoms with E-state index in [9.17, 15) is 9.90 Å². The second-order valence-electron chi connectivity index (χ2n) is 3.46. The van der Waals surface area contributed by atoms with Crippen LogP contribution in [0, 0.1) is 0 Å². The molecule has 0 saturated heterocycles. The summed E-state index contributed by atoms with van der Waals surface area (Å²) in [6, 6.07) is 4.96. The summed E-state index contributed by atoms with van der Waals surface area (Å²) < 4.78 is 4.98. The van der Waals surface area contributed by atoms with Crippen molar-refractivity contribution in [2.45, 2.75) is 6.54 Å². The van der Waals surface area contributed by atoms with E-state index in [1.54, 1.807) is 19.2 Å². The minimum Gasteiger partial charge on any atom is -0.504 e. The Hall–Kier alpha value is -1.75. The molecule has 1 aromatic rings. The van der Waals surface area contributed by atoms with Crippen LogP contribution >= 0.6 is 0 Å². The summed E-state index contributed by atoms with van der Waals surface area (Å²) in [7, 11) is 3.15. The van der Waals surface area contributed by atoms with Gasteiger partial charge in [-0.1, -0.05) is 6.07 Å². The average molecular weight is 224 g/mol. The van der Waals surface area contributed by atoms with Crippen LogP contribution < -0.4 is 10.5 Å². The quantitative estimate of drug-likeness (QED) is 0.772. The Morgan fingerprint density at radius 3 is 2.81 bits per heavy atom. The van der Waals surface area contributed by atoms with Crippen LogP contribution in [0.15, 0.2) is 18.2 Å². The highest BCUT2D eigenvalue weighted by Gasteiger charge is 2.08. The molecule has 0 bridgehead atoms. The van der Waals surface area contributed by atoms with Crippen LogP contribution in [0.25, 0.3) is 0 Å². The minimum absolute atomic E-state index is 0.00822. The van der Waals surface area contributed by atoms with Gasteiger partial charge in [0.15, 0.2) is 11.5 Å². The molecular formula is C11H16N2O3. The number of benzene rings is 1. The molecule has 0 aliphatic heterocycles. The molecule has 3 N–H and O–H groups in total. The maximum absolute atomic E-state index is 11.3. The van der Waals surface area contributed by atoms with Crippen molar-refractivity contribution in [3.63, 3.8) is 0 Å². The fourth-order valence-corrected chi connectivity index (χ4v) is 1.34. The third kappa shape index (κ3) is 2.87. The topological polar surface area (TPSA) is 75.8 Å². The molecule has 0 aliphatic rings. The molecule has 5 heteroatoms. The lowest BCUT2D eigenvalue weighted by molar-refractivity contribution is -0.128. The Morgan fingerprint density at radius 2 is 2.25 bits per heavy atom. The number of methoxy groups -OCH3 is 1. The van der Waals surface area contributed by atoms with Gasteiger partial charge < -0.3 is 20.5 Å². The molecule has 0 saturated carbocycles. The second-order valence-corrected chi connectivity index (χ2v) is 3.46. The zero-order valence-corrected chi connectivity index (χ0v) is 9.43. The fourth-order valence-electron chi connectivity index (χ4n) is 1.34. The monoisotopic (exact) mass is 224 g/mol. The van der Waals surface area contributed by atoms with Gasteiger partial charge in [-0.05, 0) is 17.7 Å². The predicted molar refractivity (Wildman–Crippen MR) is 60.2 cm³/mol. The van der Waals surface area contributed by atoms with Gasteiger partial charge in [-0.2, -0.15) is 0 Å². The van der Waals surface area contributed by atoms with Crippen LogP contribution in [0.1, 0.15) is 5.56 Å². The summed E-state index contributed by atoms with van der Waals surface area (Å²) in [6.07, 6.45) is 0. The van der Waals surface area contributed by atoms with Crippen molar-refractivity contribution in [3.05, 3.63) is 23.8 Å². The summed E-state index contributed by atoms with van der Waals surface area (Å²) in [5.41, 5.74) is 6.12. The molecular weight excluding hydrogens is 208 g/mol. The number of hydrogen-bond acceptors (Lipinski definition) is 4. The van der Waals surface area contributed by atoms with Crippen molar-refractivity contribution in [1.82, 2.24) is 4.90 Å². The Bertz CT molecular complexity index is 379. The largest absolute Gasteiger partial charge is 0.504 e. The number of nitrogens with zero attached hydrogens (tertiary/aromatic N) is 1. The van der Waals surface area contributed by atoms with E-state index in [4.69, 9.17) is 10.5 Å². The number of carbonyl (C=O) groups is 1. The molecule has 0 heterocycles. The lowest BCUT2D eigenvalue weighted by Gasteiger charge is -2.16. The van der Waals surface area contributed by atoms with E-state index in [0.29, 0.717) is 12.3 Å². The zero-order chi connectivity index (χ0) is 12.1. The highest BCUT2D eigenvalue weighted by molar-refractivity contribution is 5.77. The van der Waals surface area contributed by atoms with Crippen LogP contribution in [0.3, 0.4) is 0 Å². The van der Waals surface area contributed by atoms with E-state index in [1.807, 2.05) is 0 Å². The molecule has 0 radical (unpaired) electrons. The molecule has 1 amide bonds. The fraction of sp³-hybridized carbons (Fsp3) is 0.364. The number of likely N-dealkylation sites (N-methyl/N-ethyl adjacent to an activating group) is 1. The van der Waals surface area contributed by atoms with Gasteiger partial charge in [0.1, 0.15) is 0 Å². The molecule has 0 aromatic heterocycles. The minimum atomic E-state index is -0.132. The van der Waals surface area contributed by atoms with Gasteiger partial charge in [-0.3, -0.25) is 4.79 Å². The Kier molecular flexibility index (Phi) is 4.13. The first kappa shape index (κ1) is 12.3. The van der Waals surface area contributed by atoms with Gasteiger partial charge in [-0.25, -0.2) is 0 Å². The Labute approximate surface area is 94.4 Å². The highest BCUT2D eigenvalue weighted by atomic mass is 16.5. The van der Waals surface area contributed by atoms with Crippen LogP contribution in [0.2, 0.25) is 0 Å². The smallest absolute Gasteiger partial charge is 0.236 e. The summed E-state index contributed by atoms with van der Waals surface area (Å²) in [6.45, 7) is 0.429. The number of carbonyl (C=O) groups excluding carboxylic acids is 1. The van der Waals surface area contributed by atoms with Crippen molar-refractivity contribution in [2.24, 2.45) is 5.73 Å². The van der Waals surface area contributed by atoms with Gasteiger partial charge in [0.2, 0.25) is 5.91 Å². The van der Waals surface area contributed by atoms with E-state index in [-0.39, 0.29) is 18.2 Å². The van der Waals surface area contributed by atoms with Crippen molar-refractivity contribution >= 4 is 5.91 Å². The number of rotatable bonds is 4. The Morgan fingerprint density at radius 1 is 1.56 bits per heavy atom. The molecule has 0 unspecified atom stereocenters. The van der Waals surface area contributed by atoms with Gasteiger partial charge in [-0.15, -0.1) is 0 Å². The molecule has 0 spiro atoms. The maximum atomic E-state index is 11.3. The predicted octanol–water partition coefficient (Wildman–Crippen LogP) is 0.318. The lowest BCUT2D eigenvalue weighted by atomic mass is 10.2. The maximum Gasteiger partial charge on any atom is 0.236 e. The summed E-state index contributed by atoms with van der Waals surface area (Å²) in [5.74, 6) is 0.345. The first-order chi connectivity index (χ1) is 7.58. The van der Waals surface area contributed by atoms with Crippen LogP contribution in [0.4, 0.5) is 0 Å². The highest BCUT2D eigenvalue weighted by Crippen LogP contribution is 2.26. The van der Waals surface area contributed by atoms with Crippen molar-refractivity contribution in [3.8, 4) is 11.5 Å². The molecule has 1 aromatic carbocycles. The number of phenols is 1. The molecule has 1 rings (SSSR count). The first-order valence-corrected chi connectivity index (χ1v) is 4.88. The molecule has 16 heavy (non-hydrogen) atoms. The average Bonchev–Trinajstić information content (AvgIpc) is 2.30. The summed E-state index contributed by atoms with van der Waals surface area (Å²) >= 11 is 0. The lowest BCUT2D eigenvalue weighted by Crippen LogP contribution is -2.32. The van der Waals surface area contributed by atoms with Gasteiger partial charge in [0.25, 0.3) is 0 Å². The number of ether oxygens (including phenoxy) is 1. The van der Waals surface area contributed by atoms with Crippen molar-refractivity contribution in [2.75, 3.05) is 20.7 Å². The molecule has 88 valence electrons. The van der Waals surface area contributed by atoms with E-state index in [0.717, 1.165) is 5.56 Å². The molecule has 0 fully saturated rings. The summed E-state index contributed by atoms with van der Waals surface area (Å²) in [4.78, 5) is 12.8. The van der Waals surface area contributed by atoms with Crippen LogP contribution in [-0.4, -0.2) is 36.6 Å². The number of aromatic hydroxyl groups is 1. The third-order valence-electron chi connectivity index (χ3n) is 2.26. The number of nitrogens with two attached hydrogens (primary N) is 1. The standard InChI is InChI=1S/C11H16N2O3/c1-13(11(15)6-12)7-8-3-4-9(14)10(5-8)16-2/h3-5,14H,6-7,12H2,1-2H3. The van der Waals surface area contributed by atoms with Crippen LogP contribution in [0.5, 0.6) is 11.5 Å². The normalized spacial score (nSPS) is 9.94. The molecule has 0 atom stereocenters. The van der Waals surface area contributed by atoms with Crippen molar-refractivity contribution < 1.29 is 14.6 Å². The van der Waals surface area contributed by atoms with Crippen LogP contribution in [-0.2, 0) is 11.3 Å².